The molecule has 0 saturated carbocycles. The van der Waals surface area contributed by atoms with Gasteiger partial charge in [0.1, 0.15) is 0 Å². The molecule has 0 aliphatic heterocycles. The molecule has 2 nitrogen and oxygen atoms in total. The van der Waals surface area contributed by atoms with Gasteiger partial charge in [0.15, 0.2) is 6.61 Å². The number of ether oxygens (including phenoxy) is 1. The first-order valence-electron chi connectivity index (χ1n) is 7.48. The fraction of sp³-hybridized carbons (Fsp3) is 0.923. The average molecular weight is 502 g/mol. The zero-order valence-corrected chi connectivity index (χ0v) is 14.6. The van der Waals surface area contributed by atoms with E-state index in [1.165, 1.54) is 6.92 Å². The van der Waals surface area contributed by atoms with E-state index in [-0.39, 0.29) is 6.42 Å². The predicted octanol–water partition coefficient (Wildman–Crippen LogP) is 6.04. The summed E-state index contributed by atoms with van der Waals surface area (Å²) in [7, 11) is 0. The van der Waals surface area contributed by atoms with E-state index in [2.05, 4.69) is 4.74 Å². The number of halogens is 16. The summed E-state index contributed by atoms with van der Waals surface area (Å²) in [6.45, 7) is -1.94. The van der Waals surface area contributed by atoms with Crippen molar-refractivity contribution in [3.05, 3.63) is 0 Å². The first kappa shape index (κ1) is 29.3. The molecule has 0 aliphatic carbocycles. The standard InChI is InChI=1S/C13H10F16O2/c1-2-3-5(30)31-4-7(16,17)9(20,21)11(24,25)13(28,29)12(26,27)10(22,23)8(18,19)6(14)15/h6H,2-4H2,1H3. The SMILES string of the molecule is CCCC(=O)OCC(F)(F)C(F)(F)C(F)(F)C(F)(F)C(F)(F)C(F)(F)C(F)(F)C(F)F. The number of alkyl halides is 16. The van der Waals surface area contributed by atoms with Gasteiger partial charge in [-0.1, -0.05) is 6.92 Å². The smallest absolute Gasteiger partial charge is 0.385 e. The largest absolute Gasteiger partial charge is 0.459 e. The quantitative estimate of drug-likeness (QED) is 0.255. The van der Waals surface area contributed by atoms with Crippen molar-refractivity contribution in [3.63, 3.8) is 0 Å². The maximum Gasteiger partial charge on any atom is 0.385 e. The van der Waals surface area contributed by atoms with Gasteiger partial charge in [-0.05, 0) is 6.42 Å². The molecule has 0 aromatic carbocycles. The van der Waals surface area contributed by atoms with Gasteiger partial charge in [-0.2, -0.15) is 61.5 Å². The molecule has 0 aliphatic rings. The van der Waals surface area contributed by atoms with Crippen LogP contribution >= 0.6 is 0 Å². The summed E-state index contributed by atoms with van der Waals surface area (Å²) in [5, 5.41) is 0. The third-order valence-electron chi connectivity index (χ3n) is 3.60. The molecule has 0 amide bonds. The Balaban J connectivity index is 6.34. The second-order valence-corrected chi connectivity index (χ2v) is 5.91. The Morgan fingerprint density at radius 2 is 1.03 bits per heavy atom. The van der Waals surface area contributed by atoms with Gasteiger partial charge < -0.3 is 4.74 Å². The van der Waals surface area contributed by atoms with Gasteiger partial charge >= 0.3 is 53.9 Å². The summed E-state index contributed by atoms with van der Waals surface area (Å²) in [5.74, 6) is -56.9. The summed E-state index contributed by atoms with van der Waals surface area (Å²) in [6.07, 6.45) is -6.87. The van der Waals surface area contributed by atoms with Crippen LogP contribution in [0, 0.1) is 0 Å². The number of hydrogen-bond acceptors (Lipinski definition) is 2. The van der Waals surface area contributed by atoms with Gasteiger partial charge in [0.25, 0.3) is 0 Å². The second-order valence-electron chi connectivity index (χ2n) is 5.91. The van der Waals surface area contributed by atoms with Crippen LogP contribution in [0.1, 0.15) is 19.8 Å². The Morgan fingerprint density at radius 3 is 1.39 bits per heavy atom. The number of carbonyl (C=O) groups excluding carboxylic acids is 1. The summed E-state index contributed by atoms with van der Waals surface area (Å²) < 4.78 is 212. The Bertz CT molecular complexity index is 641. The van der Waals surface area contributed by atoms with E-state index in [9.17, 15) is 75.0 Å². The number of hydrogen-bond donors (Lipinski definition) is 0. The van der Waals surface area contributed by atoms with Crippen molar-refractivity contribution in [1.29, 1.82) is 0 Å². The van der Waals surface area contributed by atoms with Crippen molar-refractivity contribution in [2.24, 2.45) is 0 Å². The molecule has 0 spiro atoms. The highest BCUT2D eigenvalue weighted by Gasteiger charge is 2.93. The zero-order valence-electron chi connectivity index (χ0n) is 14.6. The summed E-state index contributed by atoms with van der Waals surface area (Å²) in [4.78, 5) is 10.8. The van der Waals surface area contributed by atoms with Crippen molar-refractivity contribution < 1.29 is 79.8 Å². The Labute approximate surface area is 161 Å². The van der Waals surface area contributed by atoms with Crippen LogP contribution in [0.4, 0.5) is 70.2 Å². The van der Waals surface area contributed by atoms with Gasteiger partial charge in [0.05, 0.1) is 0 Å². The van der Waals surface area contributed by atoms with Gasteiger partial charge in [-0.25, -0.2) is 8.78 Å². The maximum absolute atomic E-state index is 13.4. The predicted molar refractivity (Wildman–Crippen MR) is 66.5 cm³/mol. The van der Waals surface area contributed by atoms with Crippen molar-refractivity contribution in [2.45, 2.75) is 67.6 Å². The first-order chi connectivity index (χ1) is 13.4. The molecule has 0 aromatic heterocycles. The summed E-state index contributed by atoms with van der Waals surface area (Å²) in [6, 6.07) is 0. The van der Waals surface area contributed by atoms with Crippen LogP contribution in [0.2, 0.25) is 0 Å². The lowest BCUT2D eigenvalue weighted by Crippen LogP contribution is -2.74. The topological polar surface area (TPSA) is 26.3 Å². The molecule has 0 bridgehead atoms. The fourth-order valence-corrected chi connectivity index (χ4v) is 1.71. The second kappa shape index (κ2) is 8.37. The molecule has 31 heavy (non-hydrogen) atoms. The van der Waals surface area contributed by atoms with E-state index in [1.54, 1.807) is 0 Å². The highest BCUT2D eigenvalue weighted by atomic mass is 19.4. The molecule has 18 heteroatoms. The van der Waals surface area contributed by atoms with Crippen LogP contribution in [0.5, 0.6) is 0 Å². The van der Waals surface area contributed by atoms with Crippen molar-refractivity contribution >= 4 is 5.97 Å². The van der Waals surface area contributed by atoms with Gasteiger partial charge in [0, 0.05) is 6.42 Å². The third kappa shape index (κ3) is 4.34. The number of rotatable bonds is 11. The van der Waals surface area contributed by atoms with Crippen LogP contribution in [0.25, 0.3) is 0 Å². The number of carbonyl (C=O) groups is 1. The van der Waals surface area contributed by atoms with Crippen LogP contribution in [-0.2, 0) is 9.53 Å². The molecule has 0 rings (SSSR count). The average Bonchev–Trinajstić information content (AvgIpc) is 2.59. The van der Waals surface area contributed by atoms with Crippen molar-refractivity contribution in [3.8, 4) is 0 Å². The van der Waals surface area contributed by atoms with Gasteiger partial charge in [-0.15, -0.1) is 0 Å². The molecule has 0 radical (unpaired) electrons. The fourth-order valence-electron chi connectivity index (χ4n) is 1.71. The molecule has 186 valence electrons. The highest BCUT2D eigenvalue weighted by molar-refractivity contribution is 5.69. The minimum absolute atomic E-state index is 0.186. The Hall–Kier alpha value is -1.65. The lowest BCUT2D eigenvalue weighted by Gasteiger charge is -2.42. The lowest BCUT2D eigenvalue weighted by atomic mass is 9.89. The van der Waals surface area contributed by atoms with E-state index < -0.39 is 66.9 Å². The molecule has 0 heterocycles. The van der Waals surface area contributed by atoms with E-state index in [0.29, 0.717) is 0 Å². The van der Waals surface area contributed by atoms with Crippen LogP contribution in [0.15, 0.2) is 0 Å². The molecular weight excluding hydrogens is 492 g/mol. The third-order valence-corrected chi connectivity index (χ3v) is 3.60. The van der Waals surface area contributed by atoms with Crippen LogP contribution < -0.4 is 0 Å². The lowest BCUT2D eigenvalue weighted by molar-refractivity contribution is -0.447. The Kier molecular flexibility index (Phi) is 7.92. The number of esters is 1. The van der Waals surface area contributed by atoms with Gasteiger partial charge in [0.2, 0.25) is 0 Å². The van der Waals surface area contributed by atoms with E-state index in [4.69, 9.17) is 0 Å². The normalized spacial score (nSPS) is 15.4. The molecule has 0 unspecified atom stereocenters. The molecule has 0 N–H and O–H groups in total. The maximum atomic E-state index is 13.4. The Morgan fingerprint density at radius 1 is 0.677 bits per heavy atom. The molecule has 0 saturated heterocycles. The van der Waals surface area contributed by atoms with Crippen LogP contribution in [-0.4, -0.2) is 60.5 Å². The van der Waals surface area contributed by atoms with Crippen molar-refractivity contribution in [2.75, 3.05) is 6.61 Å². The highest BCUT2D eigenvalue weighted by Crippen LogP contribution is 2.62. The summed E-state index contributed by atoms with van der Waals surface area (Å²) in [5.41, 5.74) is 0. The minimum Gasteiger partial charge on any atom is -0.459 e. The first-order valence-corrected chi connectivity index (χ1v) is 7.48. The van der Waals surface area contributed by atoms with Crippen LogP contribution in [0.3, 0.4) is 0 Å². The monoisotopic (exact) mass is 502 g/mol. The van der Waals surface area contributed by atoms with E-state index in [0.717, 1.165) is 0 Å². The zero-order chi connectivity index (χ0) is 25.5. The molecule has 0 fully saturated rings. The molecule has 0 aromatic rings. The molecule has 0 atom stereocenters. The van der Waals surface area contributed by atoms with Crippen molar-refractivity contribution in [1.82, 2.24) is 0 Å². The summed E-state index contributed by atoms with van der Waals surface area (Å²) >= 11 is 0. The van der Waals surface area contributed by atoms with E-state index >= 15 is 0 Å². The van der Waals surface area contributed by atoms with E-state index in [1.807, 2.05) is 0 Å². The van der Waals surface area contributed by atoms with Gasteiger partial charge in [-0.3, -0.25) is 4.79 Å². The minimum atomic E-state index is -8.46. The molecular formula is C13H10F16O2.